The first kappa shape index (κ1) is 14.2. The second-order valence-electron chi connectivity index (χ2n) is 4.55. The number of rotatable bonds is 5. The van der Waals surface area contributed by atoms with Crippen molar-refractivity contribution in [2.24, 2.45) is 5.92 Å². The van der Waals surface area contributed by atoms with Gasteiger partial charge in [0.05, 0.1) is 0 Å². The molecule has 0 aliphatic heterocycles. The van der Waals surface area contributed by atoms with Gasteiger partial charge in [0.1, 0.15) is 0 Å². The number of carbonyl (C=O) groups excluding carboxylic acids is 1. The van der Waals surface area contributed by atoms with E-state index in [1.54, 1.807) is 0 Å². The van der Waals surface area contributed by atoms with Gasteiger partial charge in [-0.2, -0.15) is 0 Å². The molecule has 2 nitrogen and oxygen atoms in total. The molecule has 2 heteroatoms. The van der Waals surface area contributed by atoms with E-state index < -0.39 is 0 Å². The van der Waals surface area contributed by atoms with Gasteiger partial charge in [0.2, 0.25) is 5.91 Å². The van der Waals surface area contributed by atoms with Crippen LogP contribution in [0.25, 0.3) is 0 Å². The molecule has 15 heavy (non-hydrogen) atoms. The van der Waals surface area contributed by atoms with Crippen molar-refractivity contribution >= 4 is 5.91 Å². The molecule has 0 rings (SSSR count). The summed E-state index contributed by atoms with van der Waals surface area (Å²) in [5, 5.41) is 0. The van der Waals surface area contributed by atoms with Crippen molar-refractivity contribution in [1.29, 1.82) is 0 Å². The molecule has 0 unspecified atom stereocenters. The lowest BCUT2D eigenvalue weighted by Gasteiger charge is -2.22. The Hall–Kier alpha value is -0.790. The summed E-state index contributed by atoms with van der Waals surface area (Å²) in [7, 11) is 0. The SMILES string of the molecule is CCN(CC)C(=O)C(CC(C)C)=C(C)C. The second kappa shape index (κ2) is 6.65. The summed E-state index contributed by atoms with van der Waals surface area (Å²) in [5.74, 6) is 0.753. The Labute approximate surface area is 94.4 Å². The Kier molecular flexibility index (Phi) is 6.30. The lowest BCUT2D eigenvalue weighted by molar-refractivity contribution is -0.127. The lowest BCUT2D eigenvalue weighted by atomic mass is 9.98. The maximum Gasteiger partial charge on any atom is 0.249 e. The predicted octanol–water partition coefficient (Wildman–Crippen LogP) is 3.24. The van der Waals surface area contributed by atoms with E-state index in [2.05, 4.69) is 13.8 Å². The predicted molar refractivity (Wildman–Crippen MR) is 65.8 cm³/mol. The maximum absolute atomic E-state index is 12.2. The standard InChI is InChI=1S/C13H25NO/c1-7-14(8-2)13(15)12(11(5)6)9-10(3)4/h10H,7-9H2,1-6H3. The summed E-state index contributed by atoms with van der Waals surface area (Å²) in [6, 6.07) is 0. The van der Waals surface area contributed by atoms with Crippen LogP contribution in [0.2, 0.25) is 0 Å². The van der Waals surface area contributed by atoms with Gasteiger partial charge in [-0.05, 0) is 40.0 Å². The normalized spacial score (nSPS) is 10.3. The fourth-order valence-corrected chi connectivity index (χ4v) is 1.62. The highest BCUT2D eigenvalue weighted by Crippen LogP contribution is 2.17. The van der Waals surface area contributed by atoms with Crippen LogP contribution in [0.15, 0.2) is 11.1 Å². The van der Waals surface area contributed by atoms with Gasteiger partial charge < -0.3 is 4.90 Å². The van der Waals surface area contributed by atoms with Crippen molar-refractivity contribution < 1.29 is 4.79 Å². The third kappa shape index (κ3) is 4.50. The minimum absolute atomic E-state index is 0.216. The Morgan fingerprint density at radius 2 is 1.60 bits per heavy atom. The van der Waals surface area contributed by atoms with E-state index in [9.17, 15) is 4.79 Å². The van der Waals surface area contributed by atoms with Gasteiger partial charge in [0, 0.05) is 18.7 Å². The van der Waals surface area contributed by atoms with Crippen LogP contribution in [0.4, 0.5) is 0 Å². The smallest absolute Gasteiger partial charge is 0.249 e. The monoisotopic (exact) mass is 211 g/mol. The molecule has 0 heterocycles. The highest BCUT2D eigenvalue weighted by Gasteiger charge is 2.17. The van der Waals surface area contributed by atoms with Crippen molar-refractivity contribution in [3.63, 3.8) is 0 Å². The first-order valence-electron chi connectivity index (χ1n) is 5.89. The summed E-state index contributed by atoms with van der Waals surface area (Å²) in [5.41, 5.74) is 2.15. The van der Waals surface area contributed by atoms with Gasteiger partial charge >= 0.3 is 0 Å². The van der Waals surface area contributed by atoms with E-state index in [4.69, 9.17) is 0 Å². The topological polar surface area (TPSA) is 20.3 Å². The Morgan fingerprint density at radius 3 is 1.87 bits per heavy atom. The molecule has 0 bridgehead atoms. The molecule has 0 spiro atoms. The number of amides is 1. The molecule has 0 aliphatic carbocycles. The van der Waals surface area contributed by atoms with Crippen molar-refractivity contribution in [3.05, 3.63) is 11.1 Å². The molecular weight excluding hydrogens is 186 g/mol. The average Bonchev–Trinajstić information content (AvgIpc) is 2.15. The summed E-state index contributed by atoms with van der Waals surface area (Å²) in [6.07, 6.45) is 0.887. The first-order chi connectivity index (χ1) is 6.93. The molecule has 0 saturated heterocycles. The molecule has 0 radical (unpaired) electrons. The number of nitrogens with zero attached hydrogens (tertiary/aromatic N) is 1. The fourth-order valence-electron chi connectivity index (χ4n) is 1.62. The number of hydrogen-bond acceptors (Lipinski definition) is 1. The molecule has 88 valence electrons. The van der Waals surface area contributed by atoms with Gasteiger partial charge in [0.15, 0.2) is 0 Å². The Balaban J connectivity index is 4.80. The average molecular weight is 211 g/mol. The molecule has 0 aromatic heterocycles. The van der Waals surface area contributed by atoms with E-state index >= 15 is 0 Å². The zero-order valence-corrected chi connectivity index (χ0v) is 11.1. The molecular formula is C13H25NO. The highest BCUT2D eigenvalue weighted by molar-refractivity contribution is 5.94. The van der Waals surface area contributed by atoms with Gasteiger partial charge in [-0.1, -0.05) is 19.4 Å². The molecule has 0 N–H and O–H groups in total. The van der Waals surface area contributed by atoms with E-state index in [-0.39, 0.29) is 5.91 Å². The zero-order chi connectivity index (χ0) is 12.0. The van der Waals surface area contributed by atoms with Gasteiger partial charge in [-0.15, -0.1) is 0 Å². The van der Waals surface area contributed by atoms with Crippen LogP contribution < -0.4 is 0 Å². The van der Waals surface area contributed by atoms with Crippen molar-refractivity contribution in [2.75, 3.05) is 13.1 Å². The molecule has 0 atom stereocenters. The highest BCUT2D eigenvalue weighted by atomic mass is 16.2. The van der Waals surface area contributed by atoms with Crippen LogP contribution >= 0.6 is 0 Å². The summed E-state index contributed by atoms with van der Waals surface area (Å²) in [6.45, 7) is 14.0. The van der Waals surface area contributed by atoms with Crippen molar-refractivity contribution in [2.45, 2.75) is 48.0 Å². The number of carbonyl (C=O) groups is 1. The van der Waals surface area contributed by atoms with Gasteiger partial charge in [0.25, 0.3) is 0 Å². The number of likely N-dealkylation sites (N-methyl/N-ethyl adjacent to an activating group) is 1. The molecule has 1 amide bonds. The van der Waals surface area contributed by atoms with Crippen molar-refractivity contribution in [1.82, 2.24) is 4.90 Å². The third-order valence-corrected chi connectivity index (χ3v) is 2.52. The molecule has 0 aromatic carbocycles. The van der Waals surface area contributed by atoms with Crippen LogP contribution in [-0.4, -0.2) is 23.9 Å². The molecule has 0 aromatic rings. The summed E-state index contributed by atoms with van der Waals surface area (Å²) in [4.78, 5) is 14.0. The fraction of sp³-hybridized carbons (Fsp3) is 0.769. The minimum atomic E-state index is 0.216. The van der Waals surface area contributed by atoms with E-state index in [0.717, 1.165) is 30.7 Å². The van der Waals surface area contributed by atoms with E-state index in [1.165, 1.54) is 0 Å². The third-order valence-electron chi connectivity index (χ3n) is 2.52. The summed E-state index contributed by atoms with van der Waals surface area (Å²) >= 11 is 0. The minimum Gasteiger partial charge on any atom is -0.339 e. The Bertz CT molecular complexity index is 233. The quantitative estimate of drug-likeness (QED) is 0.639. The van der Waals surface area contributed by atoms with Crippen LogP contribution in [0.5, 0.6) is 0 Å². The number of allylic oxidation sites excluding steroid dienone is 1. The largest absolute Gasteiger partial charge is 0.339 e. The first-order valence-corrected chi connectivity index (χ1v) is 5.89. The van der Waals surface area contributed by atoms with Crippen LogP contribution in [-0.2, 0) is 4.79 Å². The van der Waals surface area contributed by atoms with Crippen molar-refractivity contribution in [3.8, 4) is 0 Å². The van der Waals surface area contributed by atoms with Crippen LogP contribution in [0, 0.1) is 5.92 Å². The van der Waals surface area contributed by atoms with E-state index in [0.29, 0.717) is 5.92 Å². The number of hydrogen-bond donors (Lipinski definition) is 0. The van der Waals surface area contributed by atoms with E-state index in [1.807, 2.05) is 32.6 Å². The zero-order valence-electron chi connectivity index (χ0n) is 11.1. The lowest BCUT2D eigenvalue weighted by Crippen LogP contribution is -2.32. The molecule has 0 fully saturated rings. The summed E-state index contributed by atoms with van der Waals surface area (Å²) < 4.78 is 0. The molecule has 0 aliphatic rings. The van der Waals surface area contributed by atoms with Crippen LogP contribution in [0.1, 0.15) is 48.0 Å². The second-order valence-corrected chi connectivity index (χ2v) is 4.55. The van der Waals surface area contributed by atoms with Gasteiger partial charge in [-0.3, -0.25) is 4.79 Å². The molecule has 0 saturated carbocycles. The Morgan fingerprint density at radius 1 is 1.13 bits per heavy atom. The maximum atomic E-state index is 12.2. The van der Waals surface area contributed by atoms with Crippen LogP contribution in [0.3, 0.4) is 0 Å². The van der Waals surface area contributed by atoms with Gasteiger partial charge in [-0.25, -0.2) is 0 Å².